The van der Waals surface area contributed by atoms with Crippen LogP contribution in [0.15, 0.2) is 42.5 Å². The Morgan fingerprint density at radius 3 is 2.84 bits per heavy atom. The molecule has 1 unspecified atom stereocenters. The first-order chi connectivity index (χ1) is 9.25. The van der Waals surface area contributed by atoms with Crippen LogP contribution in [0.5, 0.6) is 0 Å². The van der Waals surface area contributed by atoms with Gasteiger partial charge in [0, 0.05) is 13.1 Å². The van der Waals surface area contributed by atoms with Gasteiger partial charge >= 0.3 is 0 Å². The lowest BCUT2D eigenvalue weighted by Crippen LogP contribution is -2.47. The second-order valence-electron chi connectivity index (χ2n) is 5.15. The first kappa shape index (κ1) is 12.2. The Labute approximate surface area is 113 Å². The average Bonchev–Trinajstić information content (AvgIpc) is 2.44. The van der Waals surface area contributed by atoms with Crippen LogP contribution < -0.4 is 5.73 Å². The topological polar surface area (TPSA) is 46.3 Å². The summed E-state index contributed by atoms with van der Waals surface area (Å²) < 4.78 is 0. The van der Waals surface area contributed by atoms with Crippen LogP contribution in [0.1, 0.15) is 18.4 Å². The second-order valence-corrected chi connectivity index (χ2v) is 5.15. The standard InChI is InChI=1S/C16H18N2O/c17-15-9-4-10-18(16(15)19)11-13-7-3-6-12-5-1-2-8-14(12)13/h1-3,5-8,15H,4,9-11,17H2. The lowest BCUT2D eigenvalue weighted by Gasteiger charge is -2.30. The van der Waals surface area contributed by atoms with E-state index in [1.165, 1.54) is 16.3 Å². The van der Waals surface area contributed by atoms with Gasteiger partial charge in [0.2, 0.25) is 5.91 Å². The quantitative estimate of drug-likeness (QED) is 0.893. The van der Waals surface area contributed by atoms with Gasteiger partial charge in [0.1, 0.15) is 0 Å². The minimum Gasteiger partial charge on any atom is -0.337 e. The molecule has 1 aliphatic rings. The maximum absolute atomic E-state index is 12.1. The monoisotopic (exact) mass is 254 g/mol. The third kappa shape index (κ3) is 2.34. The van der Waals surface area contributed by atoms with Gasteiger partial charge in [-0.3, -0.25) is 4.79 Å². The summed E-state index contributed by atoms with van der Waals surface area (Å²) >= 11 is 0. The van der Waals surface area contributed by atoms with Crippen molar-refractivity contribution in [3.63, 3.8) is 0 Å². The Hall–Kier alpha value is -1.87. The van der Waals surface area contributed by atoms with Crippen molar-refractivity contribution in [3.8, 4) is 0 Å². The molecule has 98 valence electrons. The van der Waals surface area contributed by atoms with Crippen molar-refractivity contribution in [1.82, 2.24) is 4.90 Å². The third-order valence-electron chi connectivity index (χ3n) is 3.81. The Morgan fingerprint density at radius 1 is 1.16 bits per heavy atom. The number of hydrogen-bond acceptors (Lipinski definition) is 2. The van der Waals surface area contributed by atoms with Crippen molar-refractivity contribution in [2.24, 2.45) is 5.73 Å². The summed E-state index contributed by atoms with van der Waals surface area (Å²) in [5.74, 6) is 0.0826. The number of fused-ring (bicyclic) bond motifs is 1. The molecule has 1 heterocycles. The van der Waals surface area contributed by atoms with E-state index in [0.717, 1.165) is 19.4 Å². The Morgan fingerprint density at radius 2 is 1.95 bits per heavy atom. The molecule has 2 aromatic rings. The minimum atomic E-state index is -0.316. The molecule has 3 nitrogen and oxygen atoms in total. The third-order valence-corrected chi connectivity index (χ3v) is 3.81. The number of hydrogen-bond donors (Lipinski definition) is 1. The van der Waals surface area contributed by atoms with Gasteiger partial charge in [-0.15, -0.1) is 0 Å². The maximum Gasteiger partial charge on any atom is 0.239 e. The van der Waals surface area contributed by atoms with Gasteiger partial charge in [0.15, 0.2) is 0 Å². The smallest absolute Gasteiger partial charge is 0.239 e. The first-order valence-corrected chi connectivity index (χ1v) is 6.77. The van der Waals surface area contributed by atoms with Crippen molar-refractivity contribution in [2.75, 3.05) is 6.54 Å². The van der Waals surface area contributed by atoms with Crippen molar-refractivity contribution < 1.29 is 4.79 Å². The highest BCUT2D eigenvalue weighted by molar-refractivity contribution is 5.87. The summed E-state index contributed by atoms with van der Waals surface area (Å²) in [5.41, 5.74) is 7.04. The predicted molar refractivity (Wildman–Crippen MR) is 76.6 cm³/mol. The summed E-state index contributed by atoms with van der Waals surface area (Å²) in [6, 6.07) is 14.2. The van der Waals surface area contributed by atoms with Gasteiger partial charge in [-0.2, -0.15) is 0 Å². The van der Waals surface area contributed by atoms with Crippen LogP contribution in [0.25, 0.3) is 10.8 Å². The zero-order valence-electron chi connectivity index (χ0n) is 10.9. The summed E-state index contributed by atoms with van der Waals surface area (Å²) in [6.07, 6.45) is 1.81. The highest BCUT2D eigenvalue weighted by Gasteiger charge is 2.25. The summed E-state index contributed by atoms with van der Waals surface area (Å²) in [7, 11) is 0. The number of carbonyl (C=O) groups excluding carboxylic acids is 1. The molecule has 0 radical (unpaired) electrons. The number of amides is 1. The predicted octanol–water partition coefficient (Wildman–Crippen LogP) is 2.29. The van der Waals surface area contributed by atoms with Crippen molar-refractivity contribution in [2.45, 2.75) is 25.4 Å². The average molecular weight is 254 g/mol. The number of benzene rings is 2. The molecule has 0 aliphatic carbocycles. The molecule has 1 amide bonds. The van der Waals surface area contributed by atoms with Gasteiger partial charge in [-0.25, -0.2) is 0 Å². The van der Waals surface area contributed by atoms with E-state index in [2.05, 4.69) is 24.3 Å². The van der Waals surface area contributed by atoms with Gasteiger partial charge in [0.25, 0.3) is 0 Å². The molecule has 0 aromatic heterocycles. The number of rotatable bonds is 2. The molecule has 1 saturated heterocycles. The fraction of sp³-hybridized carbons (Fsp3) is 0.312. The van der Waals surface area contributed by atoms with E-state index in [0.29, 0.717) is 6.54 Å². The molecule has 19 heavy (non-hydrogen) atoms. The minimum absolute atomic E-state index is 0.0826. The number of piperidine rings is 1. The largest absolute Gasteiger partial charge is 0.337 e. The molecule has 0 saturated carbocycles. The lowest BCUT2D eigenvalue weighted by atomic mass is 10.0. The molecule has 0 bridgehead atoms. The van der Waals surface area contributed by atoms with Crippen molar-refractivity contribution in [1.29, 1.82) is 0 Å². The van der Waals surface area contributed by atoms with Crippen molar-refractivity contribution >= 4 is 16.7 Å². The molecule has 1 atom stereocenters. The van der Waals surface area contributed by atoms with Crippen LogP contribution in [0.2, 0.25) is 0 Å². The Bertz CT molecular complexity index is 603. The summed E-state index contributed by atoms with van der Waals surface area (Å²) in [5, 5.41) is 2.44. The van der Waals surface area contributed by atoms with Gasteiger partial charge in [0.05, 0.1) is 6.04 Å². The molecule has 3 rings (SSSR count). The van der Waals surface area contributed by atoms with E-state index in [-0.39, 0.29) is 11.9 Å². The number of nitrogens with two attached hydrogens (primary N) is 1. The maximum atomic E-state index is 12.1. The fourth-order valence-electron chi connectivity index (χ4n) is 2.76. The Balaban J connectivity index is 1.91. The number of likely N-dealkylation sites (tertiary alicyclic amines) is 1. The molecule has 3 heteroatoms. The molecular formula is C16H18N2O. The van der Waals surface area contributed by atoms with Crippen LogP contribution in [0.4, 0.5) is 0 Å². The van der Waals surface area contributed by atoms with Crippen LogP contribution in [0.3, 0.4) is 0 Å². The normalized spacial score (nSPS) is 19.9. The SMILES string of the molecule is NC1CCCN(Cc2cccc3ccccc23)C1=O. The Kier molecular flexibility index (Phi) is 3.22. The van der Waals surface area contributed by atoms with E-state index >= 15 is 0 Å². The van der Waals surface area contributed by atoms with Gasteiger partial charge < -0.3 is 10.6 Å². The van der Waals surface area contributed by atoms with Gasteiger partial charge in [-0.05, 0) is 29.2 Å². The highest BCUT2D eigenvalue weighted by Crippen LogP contribution is 2.21. The fourth-order valence-corrected chi connectivity index (χ4v) is 2.76. The molecule has 2 aromatic carbocycles. The number of nitrogens with zero attached hydrogens (tertiary/aromatic N) is 1. The van der Waals surface area contributed by atoms with Crippen molar-refractivity contribution in [3.05, 3.63) is 48.0 Å². The summed E-state index contributed by atoms with van der Waals surface area (Å²) in [4.78, 5) is 14.0. The molecule has 0 spiro atoms. The van der Waals surface area contributed by atoms with E-state index in [1.54, 1.807) is 0 Å². The van der Waals surface area contributed by atoms with Crippen LogP contribution >= 0.6 is 0 Å². The second kappa shape index (κ2) is 5.02. The zero-order valence-corrected chi connectivity index (χ0v) is 10.9. The first-order valence-electron chi connectivity index (χ1n) is 6.77. The van der Waals surface area contributed by atoms with Gasteiger partial charge in [-0.1, -0.05) is 42.5 Å². The molecule has 1 aliphatic heterocycles. The molecule has 1 fully saturated rings. The van der Waals surface area contributed by atoms with E-state index < -0.39 is 0 Å². The van der Waals surface area contributed by atoms with E-state index in [9.17, 15) is 4.79 Å². The van der Waals surface area contributed by atoms with Crippen LogP contribution in [-0.4, -0.2) is 23.4 Å². The van der Waals surface area contributed by atoms with Crippen LogP contribution in [0, 0.1) is 0 Å². The zero-order chi connectivity index (χ0) is 13.2. The van der Waals surface area contributed by atoms with E-state index in [1.807, 2.05) is 23.1 Å². The summed E-state index contributed by atoms with van der Waals surface area (Å²) in [6.45, 7) is 1.48. The highest BCUT2D eigenvalue weighted by atomic mass is 16.2. The molecule has 2 N–H and O–H groups in total. The number of carbonyl (C=O) groups is 1. The lowest BCUT2D eigenvalue weighted by molar-refractivity contribution is -0.135. The van der Waals surface area contributed by atoms with Crippen LogP contribution in [-0.2, 0) is 11.3 Å². The van der Waals surface area contributed by atoms with E-state index in [4.69, 9.17) is 5.73 Å². The molecular weight excluding hydrogens is 236 g/mol.